The number of carbonyl (C=O) groups is 2. The molecule has 1 amide bonds. The summed E-state index contributed by atoms with van der Waals surface area (Å²) in [7, 11) is -4.53. The lowest BCUT2D eigenvalue weighted by Crippen LogP contribution is -2.46. The second-order valence-corrected chi connectivity index (χ2v) is 7.89. The minimum absolute atomic E-state index is 0.186. The van der Waals surface area contributed by atoms with E-state index in [-0.39, 0.29) is 25.2 Å². The maximum Gasteiger partial charge on any atom is 0.298 e. The molecule has 9 nitrogen and oxygen atoms in total. The first kappa shape index (κ1) is 23.2. The number of nitro groups is 1. The molecule has 0 fully saturated rings. The Kier molecular flexibility index (Phi) is 7.79. The van der Waals surface area contributed by atoms with Gasteiger partial charge < -0.3 is 4.90 Å². The molecule has 0 aliphatic rings. The van der Waals surface area contributed by atoms with Crippen molar-refractivity contribution in [1.29, 1.82) is 0 Å². The summed E-state index contributed by atoms with van der Waals surface area (Å²) < 4.78 is 30.4. The molecule has 2 aromatic carbocycles. The van der Waals surface area contributed by atoms with Gasteiger partial charge in [0.1, 0.15) is 0 Å². The molecule has 0 aliphatic carbocycles. The number of carbonyl (C=O) groups excluding carboxylic acids is 2. The first-order valence-electron chi connectivity index (χ1n) is 9.22. The lowest BCUT2D eigenvalue weighted by Gasteiger charge is -2.24. The molecule has 0 bridgehead atoms. The van der Waals surface area contributed by atoms with Crippen molar-refractivity contribution in [1.82, 2.24) is 4.90 Å². The van der Waals surface area contributed by atoms with E-state index in [1.807, 2.05) is 0 Å². The van der Waals surface area contributed by atoms with Crippen LogP contribution >= 0.6 is 0 Å². The van der Waals surface area contributed by atoms with E-state index in [0.29, 0.717) is 5.56 Å². The molecule has 0 radical (unpaired) electrons. The minimum Gasteiger partial charge on any atom is -0.341 e. The van der Waals surface area contributed by atoms with Gasteiger partial charge in [0.25, 0.3) is 21.7 Å². The predicted molar refractivity (Wildman–Crippen MR) is 108 cm³/mol. The topological polar surface area (TPSA) is 124 Å². The summed E-state index contributed by atoms with van der Waals surface area (Å²) in [4.78, 5) is 36.6. The highest BCUT2D eigenvalue weighted by Gasteiger charge is 2.35. The van der Waals surface area contributed by atoms with E-state index >= 15 is 0 Å². The fraction of sp³-hybridized carbons (Fsp3) is 0.300. The first-order valence-corrected chi connectivity index (χ1v) is 10.6. The number of rotatable bonds is 10. The highest BCUT2D eigenvalue weighted by Crippen LogP contribution is 2.20. The van der Waals surface area contributed by atoms with E-state index in [4.69, 9.17) is 4.18 Å². The molecule has 0 aliphatic heterocycles. The van der Waals surface area contributed by atoms with Gasteiger partial charge in [-0.2, -0.15) is 8.42 Å². The van der Waals surface area contributed by atoms with E-state index in [2.05, 4.69) is 0 Å². The molecular formula is C20H22N2O7S. The average Bonchev–Trinajstić information content (AvgIpc) is 2.73. The molecule has 0 N–H and O–H groups in total. The summed E-state index contributed by atoms with van der Waals surface area (Å²) in [6, 6.07) is 12.6. The lowest BCUT2D eigenvalue weighted by molar-refractivity contribution is -0.384. The third kappa shape index (κ3) is 5.71. The Morgan fingerprint density at radius 2 is 1.60 bits per heavy atom. The van der Waals surface area contributed by atoms with Crippen LogP contribution in [0.5, 0.6) is 0 Å². The summed E-state index contributed by atoms with van der Waals surface area (Å²) in [5.41, 5.74) is 0.307. The van der Waals surface area contributed by atoms with Crippen LogP contribution in [0.1, 0.15) is 19.4 Å². The zero-order valence-corrected chi connectivity index (χ0v) is 17.4. The number of hydrogen-bond donors (Lipinski definition) is 0. The van der Waals surface area contributed by atoms with Crippen LogP contribution in [0, 0.1) is 10.1 Å². The molecule has 0 spiro atoms. The maximum atomic E-state index is 12.8. The Morgan fingerprint density at radius 1 is 1.03 bits per heavy atom. The number of non-ortho nitro benzene ring substituents is 1. The molecular weight excluding hydrogens is 412 g/mol. The molecule has 0 aromatic heterocycles. The van der Waals surface area contributed by atoms with Crippen molar-refractivity contribution >= 4 is 27.5 Å². The van der Waals surface area contributed by atoms with Crippen LogP contribution < -0.4 is 0 Å². The monoisotopic (exact) mass is 434 g/mol. The number of nitro benzene ring substituents is 1. The van der Waals surface area contributed by atoms with Crippen LogP contribution in [0.4, 0.5) is 5.69 Å². The van der Waals surface area contributed by atoms with E-state index in [1.165, 1.54) is 4.90 Å². The van der Waals surface area contributed by atoms with Crippen LogP contribution in [0.3, 0.4) is 0 Å². The van der Waals surface area contributed by atoms with Gasteiger partial charge in [0.2, 0.25) is 6.10 Å². The summed E-state index contributed by atoms with van der Waals surface area (Å²) in [5, 5.41) is 10.8. The zero-order valence-electron chi connectivity index (χ0n) is 16.6. The number of amides is 1. The summed E-state index contributed by atoms with van der Waals surface area (Å²) in [6.45, 7) is 3.94. The number of benzene rings is 2. The fourth-order valence-electron chi connectivity index (χ4n) is 2.74. The van der Waals surface area contributed by atoms with Gasteiger partial charge in [-0.15, -0.1) is 0 Å². The van der Waals surface area contributed by atoms with Crippen LogP contribution in [0.25, 0.3) is 0 Å². The number of ketones is 1. The van der Waals surface area contributed by atoms with Gasteiger partial charge in [0, 0.05) is 31.6 Å². The van der Waals surface area contributed by atoms with Crippen molar-refractivity contribution in [3.63, 3.8) is 0 Å². The molecule has 1 unspecified atom stereocenters. The van der Waals surface area contributed by atoms with Gasteiger partial charge in [-0.05, 0) is 31.5 Å². The predicted octanol–water partition coefficient (Wildman–Crippen LogP) is 2.35. The molecule has 2 aromatic rings. The van der Waals surface area contributed by atoms with Crippen molar-refractivity contribution in [2.24, 2.45) is 0 Å². The molecule has 0 saturated heterocycles. The van der Waals surface area contributed by atoms with Crippen LogP contribution in [-0.4, -0.2) is 49.1 Å². The molecule has 30 heavy (non-hydrogen) atoms. The van der Waals surface area contributed by atoms with Gasteiger partial charge >= 0.3 is 0 Å². The van der Waals surface area contributed by atoms with E-state index < -0.39 is 37.7 Å². The Morgan fingerprint density at radius 3 is 2.10 bits per heavy atom. The molecule has 0 heterocycles. The fourth-order valence-corrected chi connectivity index (χ4v) is 3.76. The van der Waals surface area contributed by atoms with Gasteiger partial charge in [-0.3, -0.25) is 19.7 Å². The Labute approximate surface area is 174 Å². The van der Waals surface area contributed by atoms with Crippen molar-refractivity contribution in [3.8, 4) is 0 Å². The number of Topliss-reactive ketones (excluding diaryl/α,β-unsaturated/α-hetero) is 1. The Hall–Kier alpha value is -3.11. The lowest BCUT2D eigenvalue weighted by atomic mass is 10.0. The highest BCUT2D eigenvalue weighted by atomic mass is 32.2. The second kappa shape index (κ2) is 10.1. The van der Waals surface area contributed by atoms with E-state index in [0.717, 1.165) is 24.3 Å². The highest BCUT2D eigenvalue weighted by molar-refractivity contribution is 7.86. The van der Waals surface area contributed by atoms with E-state index in [9.17, 15) is 28.1 Å². The van der Waals surface area contributed by atoms with Crippen molar-refractivity contribution < 1.29 is 27.1 Å². The third-order valence-corrected chi connectivity index (χ3v) is 5.67. The molecule has 2 rings (SSSR count). The van der Waals surface area contributed by atoms with E-state index in [1.54, 1.807) is 44.2 Å². The number of likely N-dealkylation sites (N-methyl/N-ethyl adjacent to an activating group) is 1. The van der Waals surface area contributed by atoms with Gasteiger partial charge in [0.15, 0.2) is 5.78 Å². The quantitative estimate of drug-likeness (QED) is 0.243. The summed E-state index contributed by atoms with van der Waals surface area (Å²) in [5.74, 6) is -1.46. The standard InChI is InChI=1S/C20H22N2O7S/c1-3-21(4-2)20(24)19(18(23)14-15-8-6-5-7-9-15)29-30(27,28)17-12-10-16(11-13-17)22(25)26/h5-13,19H,3-4,14H2,1-2H3. The Balaban J connectivity index is 2.34. The van der Waals surface area contributed by atoms with Gasteiger partial charge in [-0.1, -0.05) is 30.3 Å². The largest absolute Gasteiger partial charge is 0.341 e. The molecule has 0 saturated carbocycles. The molecule has 1 atom stereocenters. The van der Waals surface area contributed by atoms with Crippen LogP contribution in [0.2, 0.25) is 0 Å². The van der Waals surface area contributed by atoms with Crippen molar-refractivity contribution in [2.75, 3.05) is 13.1 Å². The van der Waals surface area contributed by atoms with Gasteiger partial charge in [-0.25, -0.2) is 4.18 Å². The maximum absolute atomic E-state index is 12.8. The number of nitrogens with zero attached hydrogens (tertiary/aromatic N) is 2. The molecule has 160 valence electrons. The third-order valence-electron chi connectivity index (χ3n) is 4.37. The molecule has 10 heteroatoms. The SMILES string of the molecule is CCN(CC)C(=O)C(OS(=O)(=O)c1ccc([N+](=O)[O-])cc1)C(=O)Cc1ccccc1. The number of hydrogen-bond acceptors (Lipinski definition) is 7. The second-order valence-electron chi connectivity index (χ2n) is 6.32. The Bertz CT molecular complexity index is 1000. The van der Waals surface area contributed by atoms with Crippen molar-refractivity contribution in [3.05, 3.63) is 70.3 Å². The summed E-state index contributed by atoms with van der Waals surface area (Å²) >= 11 is 0. The smallest absolute Gasteiger partial charge is 0.298 e. The summed E-state index contributed by atoms with van der Waals surface area (Å²) in [6.07, 6.45) is -2.04. The van der Waals surface area contributed by atoms with Crippen LogP contribution in [-0.2, 0) is 30.3 Å². The first-order chi connectivity index (χ1) is 14.2. The average molecular weight is 434 g/mol. The zero-order chi connectivity index (χ0) is 22.3. The normalized spacial score (nSPS) is 12.2. The van der Waals surface area contributed by atoms with Crippen LogP contribution in [0.15, 0.2) is 59.5 Å². The minimum atomic E-state index is -4.53. The van der Waals surface area contributed by atoms with Crippen molar-refractivity contribution in [2.45, 2.75) is 31.3 Å². The van der Waals surface area contributed by atoms with Gasteiger partial charge in [0.05, 0.1) is 9.82 Å².